The first-order chi connectivity index (χ1) is 6.77. The van der Waals surface area contributed by atoms with E-state index in [0.29, 0.717) is 11.2 Å². The molecule has 1 atom stereocenters. The summed E-state index contributed by atoms with van der Waals surface area (Å²) < 4.78 is 0. The molecule has 1 aliphatic rings. The molecule has 76 valence electrons. The van der Waals surface area contributed by atoms with Gasteiger partial charge in [0, 0.05) is 0 Å². The van der Waals surface area contributed by atoms with E-state index in [9.17, 15) is 0 Å². The van der Waals surface area contributed by atoms with Crippen molar-refractivity contribution in [1.82, 2.24) is 14.9 Å². The number of rotatable bonds is 1. The van der Waals surface area contributed by atoms with Crippen LogP contribution in [0.3, 0.4) is 0 Å². The lowest BCUT2D eigenvalue weighted by Gasteiger charge is -2.31. The summed E-state index contributed by atoms with van der Waals surface area (Å²) in [5.41, 5.74) is 1.000. The molecule has 0 aromatic carbocycles. The van der Waals surface area contributed by atoms with Crippen LogP contribution in [0, 0.1) is 0 Å². The Balaban J connectivity index is 2.20. The van der Waals surface area contributed by atoms with E-state index in [0.717, 1.165) is 18.7 Å². The largest absolute Gasteiger partial charge is 0.298 e. The van der Waals surface area contributed by atoms with E-state index in [-0.39, 0.29) is 0 Å². The van der Waals surface area contributed by atoms with Crippen LogP contribution in [0.2, 0.25) is 5.15 Å². The monoisotopic (exact) mass is 211 g/mol. The fourth-order valence-corrected chi connectivity index (χ4v) is 2.12. The van der Waals surface area contributed by atoms with Gasteiger partial charge in [0.25, 0.3) is 0 Å². The lowest BCUT2D eigenvalue weighted by Crippen LogP contribution is -2.30. The van der Waals surface area contributed by atoms with Crippen molar-refractivity contribution in [3.63, 3.8) is 0 Å². The number of halogens is 1. The van der Waals surface area contributed by atoms with E-state index in [1.807, 2.05) is 6.20 Å². The molecule has 1 aliphatic heterocycles. The zero-order chi connectivity index (χ0) is 9.97. The molecule has 0 amide bonds. The predicted molar refractivity (Wildman–Crippen MR) is 56.3 cm³/mol. The maximum Gasteiger partial charge on any atom is 0.147 e. The lowest BCUT2D eigenvalue weighted by molar-refractivity contribution is 0.183. The number of piperidine rings is 1. The number of aromatic nitrogens is 2. The van der Waals surface area contributed by atoms with Crippen LogP contribution >= 0.6 is 11.6 Å². The second kappa shape index (κ2) is 4.24. The van der Waals surface area contributed by atoms with Gasteiger partial charge in [-0.1, -0.05) is 18.0 Å². The van der Waals surface area contributed by atoms with Gasteiger partial charge in [-0.2, -0.15) is 0 Å². The van der Waals surface area contributed by atoms with Gasteiger partial charge in [0.05, 0.1) is 24.1 Å². The van der Waals surface area contributed by atoms with Crippen molar-refractivity contribution in [2.24, 2.45) is 0 Å². The van der Waals surface area contributed by atoms with Gasteiger partial charge in [-0.05, 0) is 26.4 Å². The molecule has 1 aromatic rings. The van der Waals surface area contributed by atoms with E-state index in [4.69, 9.17) is 11.6 Å². The maximum atomic E-state index is 5.82. The molecular formula is C10H14ClN3. The molecule has 0 bridgehead atoms. The fourth-order valence-electron chi connectivity index (χ4n) is 1.97. The number of hydrogen-bond donors (Lipinski definition) is 0. The Kier molecular flexibility index (Phi) is 2.99. The van der Waals surface area contributed by atoms with Crippen molar-refractivity contribution in [2.75, 3.05) is 13.6 Å². The Morgan fingerprint density at radius 2 is 2.29 bits per heavy atom. The molecule has 2 heterocycles. The second-order valence-corrected chi connectivity index (χ2v) is 4.15. The third kappa shape index (κ3) is 2.04. The van der Waals surface area contributed by atoms with Gasteiger partial charge in [-0.15, -0.1) is 0 Å². The Morgan fingerprint density at radius 3 is 3.00 bits per heavy atom. The van der Waals surface area contributed by atoms with Crippen LogP contribution in [-0.2, 0) is 0 Å². The standard InChI is InChI=1S/C10H14ClN3/c1-14-5-3-2-4-9(14)8-6-12-7-10(11)13-8/h6-7,9H,2-5H2,1H3. The van der Waals surface area contributed by atoms with Gasteiger partial charge in [0.15, 0.2) is 0 Å². The van der Waals surface area contributed by atoms with Crippen LogP contribution in [-0.4, -0.2) is 28.5 Å². The number of hydrogen-bond acceptors (Lipinski definition) is 3. The van der Waals surface area contributed by atoms with Crippen LogP contribution in [0.4, 0.5) is 0 Å². The van der Waals surface area contributed by atoms with Gasteiger partial charge in [0.1, 0.15) is 5.15 Å². The number of nitrogens with zero attached hydrogens (tertiary/aromatic N) is 3. The first-order valence-electron chi connectivity index (χ1n) is 4.95. The average Bonchev–Trinajstić information content (AvgIpc) is 2.18. The van der Waals surface area contributed by atoms with Gasteiger partial charge in [-0.3, -0.25) is 9.88 Å². The van der Waals surface area contributed by atoms with E-state index in [1.54, 1.807) is 6.20 Å². The Bertz CT molecular complexity index is 316. The summed E-state index contributed by atoms with van der Waals surface area (Å²) in [5, 5.41) is 0.487. The van der Waals surface area contributed by atoms with Crippen LogP contribution in [0.1, 0.15) is 31.0 Å². The summed E-state index contributed by atoms with van der Waals surface area (Å²) in [6.45, 7) is 1.14. The molecule has 14 heavy (non-hydrogen) atoms. The van der Waals surface area contributed by atoms with Crippen LogP contribution in [0.25, 0.3) is 0 Å². The van der Waals surface area contributed by atoms with Crippen molar-refractivity contribution in [3.8, 4) is 0 Å². The molecule has 0 spiro atoms. The first kappa shape index (κ1) is 9.87. The molecular weight excluding hydrogens is 198 g/mol. The van der Waals surface area contributed by atoms with Crippen molar-refractivity contribution in [3.05, 3.63) is 23.2 Å². The molecule has 0 saturated carbocycles. The summed E-state index contributed by atoms with van der Waals surface area (Å²) in [5.74, 6) is 0. The van der Waals surface area contributed by atoms with Gasteiger partial charge >= 0.3 is 0 Å². The molecule has 1 fully saturated rings. The summed E-state index contributed by atoms with van der Waals surface area (Å²) in [4.78, 5) is 10.7. The molecule has 0 N–H and O–H groups in total. The zero-order valence-corrected chi connectivity index (χ0v) is 9.04. The molecule has 4 heteroatoms. The quantitative estimate of drug-likeness (QED) is 0.714. The molecule has 1 saturated heterocycles. The van der Waals surface area contributed by atoms with Gasteiger partial charge in [-0.25, -0.2) is 4.98 Å². The van der Waals surface area contributed by atoms with Gasteiger partial charge in [0.2, 0.25) is 0 Å². The summed E-state index contributed by atoms with van der Waals surface area (Å²) in [7, 11) is 2.13. The minimum absolute atomic E-state index is 0.398. The Morgan fingerprint density at radius 1 is 1.43 bits per heavy atom. The highest BCUT2D eigenvalue weighted by molar-refractivity contribution is 6.29. The molecule has 2 rings (SSSR count). The van der Waals surface area contributed by atoms with Crippen molar-refractivity contribution >= 4 is 11.6 Å². The highest BCUT2D eigenvalue weighted by Crippen LogP contribution is 2.28. The zero-order valence-electron chi connectivity index (χ0n) is 8.28. The summed E-state index contributed by atoms with van der Waals surface area (Å²) in [6, 6.07) is 0.398. The number of likely N-dealkylation sites (tertiary alicyclic amines) is 1. The third-order valence-corrected chi connectivity index (χ3v) is 2.92. The van der Waals surface area contributed by atoms with Crippen molar-refractivity contribution < 1.29 is 0 Å². The lowest BCUT2D eigenvalue weighted by atomic mass is 10.0. The van der Waals surface area contributed by atoms with Gasteiger partial charge < -0.3 is 0 Å². The maximum absolute atomic E-state index is 5.82. The van der Waals surface area contributed by atoms with E-state index < -0.39 is 0 Å². The van der Waals surface area contributed by atoms with Crippen molar-refractivity contribution in [2.45, 2.75) is 25.3 Å². The van der Waals surface area contributed by atoms with Crippen LogP contribution in [0.15, 0.2) is 12.4 Å². The molecule has 0 aliphatic carbocycles. The Hall–Kier alpha value is -0.670. The Labute approximate surface area is 89.1 Å². The highest BCUT2D eigenvalue weighted by Gasteiger charge is 2.21. The smallest absolute Gasteiger partial charge is 0.147 e. The minimum atomic E-state index is 0.398. The second-order valence-electron chi connectivity index (χ2n) is 3.76. The van der Waals surface area contributed by atoms with E-state index >= 15 is 0 Å². The molecule has 0 radical (unpaired) electrons. The normalized spacial score (nSPS) is 23.7. The first-order valence-corrected chi connectivity index (χ1v) is 5.33. The summed E-state index contributed by atoms with van der Waals surface area (Å²) in [6.07, 6.45) is 7.10. The fraction of sp³-hybridized carbons (Fsp3) is 0.600. The average molecular weight is 212 g/mol. The van der Waals surface area contributed by atoms with E-state index in [2.05, 4.69) is 21.9 Å². The minimum Gasteiger partial charge on any atom is -0.298 e. The molecule has 1 aromatic heterocycles. The highest BCUT2D eigenvalue weighted by atomic mass is 35.5. The predicted octanol–water partition coefficient (Wildman–Crippen LogP) is 2.29. The molecule has 1 unspecified atom stereocenters. The van der Waals surface area contributed by atoms with Crippen LogP contribution in [0.5, 0.6) is 0 Å². The van der Waals surface area contributed by atoms with Crippen molar-refractivity contribution in [1.29, 1.82) is 0 Å². The summed E-state index contributed by atoms with van der Waals surface area (Å²) >= 11 is 5.82. The topological polar surface area (TPSA) is 29.0 Å². The van der Waals surface area contributed by atoms with Crippen LogP contribution < -0.4 is 0 Å². The molecule has 3 nitrogen and oxygen atoms in total. The van der Waals surface area contributed by atoms with E-state index in [1.165, 1.54) is 12.8 Å². The third-order valence-electron chi connectivity index (χ3n) is 2.74. The SMILES string of the molecule is CN1CCCCC1c1cncc(Cl)n1.